The Hall–Kier alpha value is -6.86. The molecule has 3 amide bonds. The summed E-state index contributed by atoms with van der Waals surface area (Å²) >= 11 is 1.43. The Morgan fingerprint density at radius 2 is 0.938 bits per heavy atom. The predicted molar refractivity (Wildman–Crippen MR) is 330 cm³/mol. The molecule has 12 nitrogen and oxygen atoms in total. The van der Waals surface area contributed by atoms with E-state index in [4.69, 9.17) is 4.74 Å². The highest BCUT2D eigenvalue weighted by atomic mass is 32.1. The maximum absolute atomic E-state index is 13.1. The van der Waals surface area contributed by atoms with Crippen LogP contribution in [0, 0.1) is 5.92 Å². The van der Waals surface area contributed by atoms with E-state index in [1.807, 2.05) is 92.9 Å². The van der Waals surface area contributed by atoms with Gasteiger partial charge in [0, 0.05) is 56.4 Å². The van der Waals surface area contributed by atoms with Gasteiger partial charge in [-0.1, -0.05) is 135 Å². The predicted octanol–water partition coefficient (Wildman–Crippen LogP) is 15.9. The molecule has 0 aliphatic rings. The highest BCUT2D eigenvalue weighted by Gasteiger charge is 2.27. The molecular formula is C68H91N3O9S. The van der Waals surface area contributed by atoms with Crippen LogP contribution in [-0.4, -0.2) is 52.4 Å². The highest BCUT2D eigenvalue weighted by Crippen LogP contribution is 2.30. The Kier molecular flexibility index (Phi) is 27.0. The van der Waals surface area contributed by atoms with E-state index in [0.717, 1.165) is 40.0 Å². The van der Waals surface area contributed by atoms with Crippen molar-refractivity contribution >= 4 is 69.5 Å². The van der Waals surface area contributed by atoms with Crippen LogP contribution in [0.15, 0.2) is 109 Å². The lowest BCUT2D eigenvalue weighted by atomic mass is 9.85. The van der Waals surface area contributed by atoms with Crippen molar-refractivity contribution in [3.8, 4) is 11.1 Å². The van der Waals surface area contributed by atoms with Gasteiger partial charge >= 0.3 is 6.09 Å². The second kappa shape index (κ2) is 32.0. The summed E-state index contributed by atoms with van der Waals surface area (Å²) in [5.74, 6) is -0.726. The molecule has 0 saturated heterocycles. The summed E-state index contributed by atoms with van der Waals surface area (Å²) in [6.07, 6.45) is 4.98. The normalized spacial score (nSPS) is 11.8. The Balaban J connectivity index is 0.000000329. The first kappa shape index (κ1) is 68.4. The highest BCUT2D eigenvalue weighted by molar-refractivity contribution is 7.12. The molecule has 1 heterocycles. The minimum Gasteiger partial charge on any atom is -0.444 e. The first-order valence-corrected chi connectivity index (χ1v) is 29.2. The molecule has 0 aliphatic heterocycles. The van der Waals surface area contributed by atoms with Gasteiger partial charge in [0.1, 0.15) is 28.7 Å². The molecule has 4 aromatic carbocycles. The molecule has 3 N–H and O–H groups in total. The van der Waals surface area contributed by atoms with Crippen molar-refractivity contribution in [3.05, 3.63) is 141 Å². The van der Waals surface area contributed by atoms with Crippen LogP contribution in [0.4, 0.5) is 16.2 Å². The molecule has 1 atom stereocenters. The van der Waals surface area contributed by atoms with Gasteiger partial charge in [-0.15, -0.1) is 11.3 Å². The zero-order valence-electron chi connectivity index (χ0n) is 51.0. The van der Waals surface area contributed by atoms with Crippen LogP contribution in [0.25, 0.3) is 11.1 Å². The minimum absolute atomic E-state index is 0.00569. The summed E-state index contributed by atoms with van der Waals surface area (Å²) in [6, 6.07) is 33.4. The Bertz CT molecular complexity index is 2780. The molecule has 0 fully saturated rings. The minimum atomic E-state index is -0.783. The van der Waals surface area contributed by atoms with Gasteiger partial charge < -0.3 is 29.8 Å². The second-order valence-corrected chi connectivity index (χ2v) is 26.0. The third-order valence-corrected chi connectivity index (χ3v) is 14.1. The number of carbonyl (C=O) groups excluding carboxylic acids is 8. The van der Waals surface area contributed by atoms with Crippen LogP contribution in [0.3, 0.4) is 0 Å². The number of nitrogens with one attached hydrogen (secondary N) is 3. The van der Waals surface area contributed by atoms with E-state index in [1.54, 1.807) is 26.0 Å². The maximum Gasteiger partial charge on any atom is 0.412 e. The van der Waals surface area contributed by atoms with Gasteiger partial charge in [0.05, 0.1) is 10.8 Å². The number of ketones is 5. The zero-order chi connectivity index (χ0) is 60.7. The van der Waals surface area contributed by atoms with Crippen molar-refractivity contribution in [3.63, 3.8) is 0 Å². The van der Waals surface area contributed by atoms with Gasteiger partial charge in [-0.25, -0.2) is 4.79 Å². The number of carbonyl (C=O) groups is 8. The fourth-order valence-electron chi connectivity index (χ4n) is 8.22. The van der Waals surface area contributed by atoms with E-state index in [9.17, 15) is 38.4 Å². The molecular weight excluding hydrogens is 1030 g/mol. The first-order chi connectivity index (χ1) is 37.7. The number of unbranched alkanes of at least 4 members (excludes halogenated alkanes) is 1. The SMILES string of the molecule is CC(=O)CCCC(=O)NCc1ccc(C(C)(C)C)cc1.CC(=O)CCCC(C(=O)Cc1ccc(C(C)(C)C)cc1)C(=O)Nc1ccc(C(C)(C)C)cc1.CC(=O)CCCCC(=O)c1cc(-c2ccc(NC(=O)OC(C)(C)C)cc2)cs1. The Labute approximate surface area is 487 Å². The number of hydrogen-bond donors (Lipinski definition) is 3. The number of amides is 3. The third-order valence-electron chi connectivity index (χ3n) is 13.1. The molecule has 0 bridgehead atoms. The van der Waals surface area contributed by atoms with Gasteiger partial charge in [0.25, 0.3) is 0 Å². The largest absolute Gasteiger partial charge is 0.444 e. The number of rotatable bonds is 23. The van der Waals surface area contributed by atoms with Crippen molar-refractivity contribution in [1.82, 2.24) is 5.32 Å². The van der Waals surface area contributed by atoms with Gasteiger partial charge in [-0.3, -0.25) is 24.5 Å². The lowest BCUT2D eigenvalue weighted by Crippen LogP contribution is -2.31. The summed E-state index contributed by atoms with van der Waals surface area (Å²) in [4.78, 5) is 95.8. The first-order valence-electron chi connectivity index (χ1n) is 28.3. The molecule has 0 spiro atoms. The average Bonchev–Trinajstić information content (AvgIpc) is 3.90. The van der Waals surface area contributed by atoms with E-state index >= 15 is 0 Å². The number of ether oxygens (including phenoxy) is 1. The van der Waals surface area contributed by atoms with Crippen LogP contribution < -0.4 is 16.0 Å². The quantitative estimate of drug-likeness (QED) is 0.0326. The standard InChI is InChI=1S/C29H39NO3.C22H27NO4S.C17H25NO2/c1-20(31)9-8-10-25(26(32)19-21-11-13-22(14-12-21)28(2,3)4)27(33)30-24-17-15-23(16-18-24)29(5,6)7;1-15(24)7-5-6-8-19(25)20-13-17(14-28-20)16-9-11-18(12-10-16)23-21(26)27-22(2,3)4;1-13(19)6-5-7-16(20)18-12-14-8-10-15(11-9-14)17(2,3)4/h11-18,25H,8-10,19H2,1-7H3,(H,30,33);9-14H,5-8H2,1-4H3,(H,23,26);8-11H,5-7,12H2,1-4H3,(H,18,20). The molecule has 0 aliphatic carbocycles. The summed E-state index contributed by atoms with van der Waals surface area (Å²) in [7, 11) is 0. The van der Waals surface area contributed by atoms with Crippen LogP contribution in [-0.2, 0) is 62.7 Å². The average molecular weight is 1130 g/mol. The lowest BCUT2D eigenvalue weighted by molar-refractivity contribution is -0.131. The Morgan fingerprint density at radius 1 is 0.494 bits per heavy atom. The monoisotopic (exact) mass is 1130 g/mol. The topological polar surface area (TPSA) is 182 Å². The molecule has 1 aromatic heterocycles. The van der Waals surface area contributed by atoms with Crippen LogP contribution >= 0.6 is 11.3 Å². The zero-order valence-corrected chi connectivity index (χ0v) is 51.9. The van der Waals surface area contributed by atoms with Gasteiger partial charge in [0.2, 0.25) is 11.8 Å². The van der Waals surface area contributed by atoms with Gasteiger partial charge in [-0.2, -0.15) is 0 Å². The van der Waals surface area contributed by atoms with Crippen LogP contribution in [0.1, 0.15) is 206 Å². The fourth-order valence-corrected chi connectivity index (χ4v) is 9.10. The number of thiophene rings is 1. The van der Waals surface area contributed by atoms with Gasteiger partial charge in [0.15, 0.2) is 5.78 Å². The van der Waals surface area contributed by atoms with Crippen LogP contribution in [0.2, 0.25) is 0 Å². The van der Waals surface area contributed by atoms with Crippen molar-refractivity contribution in [2.45, 2.75) is 203 Å². The van der Waals surface area contributed by atoms with E-state index in [0.29, 0.717) is 69.3 Å². The molecule has 1 unspecified atom stereocenters. The number of anilines is 2. The molecule has 438 valence electrons. The number of benzene rings is 4. The fraction of sp³-hybridized carbons (Fsp3) is 0.471. The lowest BCUT2D eigenvalue weighted by Gasteiger charge is -2.20. The van der Waals surface area contributed by atoms with Crippen molar-refractivity contribution < 1.29 is 43.1 Å². The van der Waals surface area contributed by atoms with E-state index in [1.165, 1.54) is 35.0 Å². The Morgan fingerprint density at radius 3 is 1.43 bits per heavy atom. The van der Waals surface area contributed by atoms with Gasteiger partial charge in [-0.05, 0) is 165 Å². The van der Waals surface area contributed by atoms with Crippen molar-refractivity contribution in [2.24, 2.45) is 5.92 Å². The van der Waals surface area contributed by atoms with E-state index in [2.05, 4.69) is 103 Å². The molecule has 0 radical (unpaired) electrons. The summed E-state index contributed by atoms with van der Waals surface area (Å²) in [5.41, 5.74) is 8.59. The molecule has 5 rings (SSSR count). The van der Waals surface area contributed by atoms with E-state index in [-0.39, 0.29) is 63.4 Å². The summed E-state index contributed by atoms with van der Waals surface area (Å²) in [5, 5.41) is 10.4. The molecule has 81 heavy (non-hydrogen) atoms. The summed E-state index contributed by atoms with van der Waals surface area (Å²) < 4.78 is 5.23. The maximum atomic E-state index is 13.1. The smallest absolute Gasteiger partial charge is 0.412 e. The molecule has 0 saturated carbocycles. The van der Waals surface area contributed by atoms with Crippen LogP contribution in [0.5, 0.6) is 0 Å². The second-order valence-electron chi connectivity index (χ2n) is 25.1. The molecule has 5 aromatic rings. The number of Topliss-reactive ketones (excluding diaryl/α,β-unsaturated/α-hetero) is 5. The van der Waals surface area contributed by atoms with Crippen molar-refractivity contribution in [2.75, 3.05) is 10.6 Å². The third kappa shape index (κ3) is 27.0. The summed E-state index contributed by atoms with van der Waals surface area (Å²) in [6.45, 7) is 30.0. The number of hydrogen-bond acceptors (Lipinski definition) is 10. The van der Waals surface area contributed by atoms with Crippen molar-refractivity contribution in [1.29, 1.82) is 0 Å². The molecule has 13 heteroatoms. The van der Waals surface area contributed by atoms with E-state index < -0.39 is 17.6 Å².